The zero-order valence-corrected chi connectivity index (χ0v) is 9.08. The van der Waals surface area contributed by atoms with Gasteiger partial charge in [-0.15, -0.1) is 0 Å². The largest absolute Gasteiger partial charge is 0.356 e. The van der Waals surface area contributed by atoms with Crippen LogP contribution in [0, 0.1) is 5.92 Å². The molecule has 0 radical (unpaired) electrons. The van der Waals surface area contributed by atoms with E-state index < -0.39 is 5.72 Å². The summed E-state index contributed by atoms with van der Waals surface area (Å²) in [6.45, 7) is 8.96. The highest BCUT2D eigenvalue weighted by Gasteiger charge is 2.47. The first kappa shape index (κ1) is 11.0. The molecule has 0 amide bonds. The fourth-order valence-electron chi connectivity index (χ4n) is 2.08. The summed E-state index contributed by atoms with van der Waals surface area (Å²) < 4.78 is 5.74. The van der Waals surface area contributed by atoms with Gasteiger partial charge in [0, 0.05) is 0 Å². The highest BCUT2D eigenvalue weighted by molar-refractivity contribution is 4.88. The number of hydrogen-bond donors (Lipinski definition) is 1. The monoisotopic (exact) mass is 187 g/mol. The van der Waals surface area contributed by atoms with Crippen LogP contribution < -0.4 is 0 Å². The van der Waals surface area contributed by atoms with E-state index in [0.717, 1.165) is 12.8 Å². The van der Waals surface area contributed by atoms with Crippen molar-refractivity contribution in [3.63, 3.8) is 0 Å². The Morgan fingerprint density at radius 2 is 2.15 bits per heavy atom. The van der Waals surface area contributed by atoms with Gasteiger partial charge in [-0.05, 0) is 18.8 Å². The lowest BCUT2D eigenvalue weighted by molar-refractivity contribution is -0.256. The third kappa shape index (κ3) is 1.60. The second-order valence-corrected chi connectivity index (χ2v) is 4.07. The lowest BCUT2D eigenvalue weighted by atomic mass is 9.96. The van der Waals surface area contributed by atoms with E-state index in [2.05, 4.69) is 27.7 Å². The highest BCUT2D eigenvalue weighted by atomic mass is 16.6. The molecule has 0 aromatic rings. The van der Waals surface area contributed by atoms with E-state index >= 15 is 0 Å². The molecule has 1 rings (SSSR count). The number of ether oxygens (including phenoxy) is 1. The minimum absolute atomic E-state index is 0.169. The molecule has 1 N–H and O–H groups in total. The quantitative estimate of drug-likeness (QED) is 0.735. The Kier molecular flexibility index (Phi) is 3.33. The van der Waals surface area contributed by atoms with Crippen LogP contribution in [0.25, 0.3) is 0 Å². The molecule has 3 nitrogen and oxygen atoms in total. The van der Waals surface area contributed by atoms with Crippen molar-refractivity contribution in [3.05, 3.63) is 0 Å². The summed E-state index contributed by atoms with van der Waals surface area (Å²) in [5.74, 6) is 0.319. The number of hydroxylamine groups is 2. The maximum Gasteiger partial charge on any atom is 0.146 e. The first-order chi connectivity index (χ1) is 6.08. The Hall–Kier alpha value is -0.120. The van der Waals surface area contributed by atoms with Gasteiger partial charge in [0.2, 0.25) is 0 Å². The van der Waals surface area contributed by atoms with Crippen molar-refractivity contribution in [1.82, 2.24) is 5.06 Å². The van der Waals surface area contributed by atoms with Gasteiger partial charge in [-0.1, -0.05) is 27.7 Å². The molecule has 0 spiro atoms. The fraction of sp³-hybridized carbons (Fsp3) is 1.00. The SMILES string of the molecule is CCC1COC(CC)(C(C)C)N1O. The Morgan fingerprint density at radius 3 is 2.38 bits per heavy atom. The predicted molar refractivity (Wildman–Crippen MR) is 51.5 cm³/mol. The molecule has 1 aliphatic rings. The molecule has 3 heteroatoms. The summed E-state index contributed by atoms with van der Waals surface area (Å²) in [4.78, 5) is 0. The van der Waals surface area contributed by atoms with Crippen LogP contribution in [0.2, 0.25) is 0 Å². The Labute approximate surface area is 80.6 Å². The van der Waals surface area contributed by atoms with Crippen LogP contribution in [0.1, 0.15) is 40.5 Å². The van der Waals surface area contributed by atoms with E-state index in [1.807, 2.05) is 0 Å². The summed E-state index contributed by atoms with van der Waals surface area (Å²) in [5.41, 5.74) is -0.444. The second kappa shape index (κ2) is 3.95. The van der Waals surface area contributed by atoms with Crippen LogP contribution in [0.5, 0.6) is 0 Å². The minimum Gasteiger partial charge on any atom is -0.356 e. The van der Waals surface area contributed by atoms with E-state index in [4.69, 9.17) is 4.74 Å². The van der Waals surface area contributed by atoms with Gasteiger partial charge in [0.1, 0.15) is 5.72 Å². The van der Waals surface area contributed by atoms with Crippen LogP contribution in [0.3, 0.4) is 0 Å². The molecule has 0 saturated carbocycles. The summed E-state index contributed by atoms with van der Waals surface area (Å²) in [6, 6.07) is 0.169. The molecule has 1 aliphatic heterocycles. The van der Waals surface area contributed by atoms with E-state index in [9.17, 15) is 5.21 Å². The van der Waals surface area contributed by atoms with E-state index in [1.54, 1.807) is 0 Å². The Balaban J connectivity index is 2.79. The van der Waals surface area contributed by atoms with Gasteiger partial charge in [0.25, 0.3) is 0 Å². The van der Waals surface area contributed by atoms with Crippen LogP contribution in [0.4, 0.5) is 0 Å². The summed E-state index contributed by atoms with van der Waals surface area (Å²) in [6.07, 6.45) is 1.77. The number of nitrogens with zero attached hydrogens (tertiary/aromatic N) is 1. The zero-order chi connectivity index (χ0) is 10.1. The molecule has 0 aliphatic carbocycles. The van der Waals surface area contributed by atoms with E-state index in [0.29, 0.717) is 12.5 Å². The Bertz CT molecular complexity index is 172. The first-order valence-electron chi connectivity index (χ1n) is 5.20. The van der Waals surface area contributed by atoms with Gasteiger partial charge < -0.3 is 9.94 Å². The van der Waals surface area contributed by atoms with Gasteiger partial charge in [0.05, 0.1) is 12.6 Å². The highest BCUT2D eigenvalue weighted by Crippen LogP contribution is 2.36. The summed E-state index contributed by atoms with van der Waals surface area (Å²) in [7, 11) is 0. The van der Waals surface area contributed by atoms with Crippen LogP contribution in [-0.2, 0) is 4.74 Å². The zero-order valence-electron chi connectivity index (χ0n) is 9.08. The average Bonchev–Trinajstić information content (AvgIpc) is 2.43. The molecule has 78 valence electrons. The number of hydrogen-bond acceptors (Lipinski definition) is 3. The molecule has 1 fully saturated rings. The molecular weight excluding hydrogens is 166 g/mol. The second-order valence-electron chi connectivity index (χ2n) is 4.07. The third-order valence-corrected chi connectivity index (χ3v) is 3.14. The van der Waals surface area contributed by atoms with Crippen molar-refractivity contribution in [2.75, 3.05) is 6.61 Å². The standard InChI is InChI=1S/C10H21NO2/c1-5-9-7-13-10(6-2,8(3)4)11(9)12/h8-9,12H,5-7H2,1-4H3. The lowest BCUT2D eigenvalue weighted by Crippen LogP contribution is -2.49. The van der Waals surface area contributed by atoms with Crippen molar-refractivity contribution >= 4 is 0 Å². The van der Waals surface area contributed by atoms with E-state index in [-0.39, 0.29) is 6.04 Å². The van der Waals surface area contributed by atoms with Crippen molar-refractivity contribution in [2.24, 2.45) is 5.92 Å². The van der Waals surface area contributed by atoms with Crippen LogP contribution in [0.15, 0.2) is 0 Å². The Morgan fingerprint density at radius 1 is 1.54 bits per heavy atom. The molecule has 1 saturated heterocycles. The molecular formula is C10H21NO2. The maximum atomic E-state index is 9.98. The molecule has 1 heterocycles. The molecule has 0 aromatic carbocycles. The topological polar surface area (TPSA) is 32.7 Å². The third-order valence-electron chi connectivity index (χ3n) is 3.14. The molecule has 2 unspecified atom stereocenters. The van der Waals surface area contributed by atoms with Crippen molar-refractivity contribution in [1.29, 1.82) is 0 Å². The first-order valence-corrected chi connectivity index (χ1v) is 5.20. The van der Waals surface area contributed by atoms with Gasteiger partial charge in [-0.2, -0.15) is 5.06 Å². The van der Waals surface area contributed by atoms with Gasteiger partial charge in [-0.25, -0.2) is 0 Å². The van der Waals surface area contributed by atoms with Crippen LogP contribution in [-0.4, -0.2) is 28.6 Å². The number of rotatable bonds is 3. The van der Waals surface area contributed by atoms with Gasteiger partial charge in [0.15, 0.2) is 0 Å². The van der Waals surface area contributed by atoms with Crippen molar-refractivity contribution < 1.29 is 9.94 Å². The van der Waals surface area contributed by atoms with Crippen LogP contribution >= 0.6 is 0 Å². The average molecular weight is 187 g/mol. The van der Waals surface area contributed by atoms with Crippen molar-refractivity contribution in [2.45, 2.75) is 52.3 Å². The molecule has 2 atom stereocenters. The van der Waals surface area contributed by atoms with E-state index in [1.165, 1.54) is 5.06 Å². The normalized spacial score (nSPS) is 36.0. The van der Waals surface area contributed by atoms with Crippen molar-refractivity contribution in [3.8, 4) is 0 Å². The molecule has 13 heavy (non-hydrogen) atoms. The fourth-order valence-corrected chi connectivity index (χ4v) is 2.08. The molecule has 0 aromatic heterocycles. The predicted octanol–water partition coefficient (Wildman–Crippen LogP) is 2.25. The molecule has 0 bridgehead atoms. The minimum atomic E-state index is -0.444. The lowest BCUT2D eigenvalue weighted by Gasteiger charge is -2.37. The smallest absolute Gasteiger partial charge is 0.146 e. The summed E-state index contributed by atoms with van der Waals surface area (Å²) in [5, 5.41) is 11.4. The summed E-state index contributed by atoms with van der Waals surface area (Å²) >= 11 is 0. The van der Waals surface area contributed by atoms with Gasteiger partial charge in [-0.3, -0.25) is 0 Å². The van der Waals surface area contributed by atoms with Gasteiger partial charge >= 0.3 is 0 Å². The maximum absolute atomic E-state index is 9.98.